The summed E-state index contributed by atoms with van der Waals surface area (Å²) in [4.78, 5) is 11.6. The quantitative estimate of drug-likeness (QED) is 0.793. The van der Waals surface area contributed by atoms with E-state index in [1.165, 1.54) is 0 Å². The molecule has 0 aliphatic heterocycles. The first kappa shape index (κ1) is 14.0. The number of hydrogen-bond acceptors (Lipinski definition) is 3. The fourth-order valence-electron chi connectivity index (χ4n) is 1.35. The van der Waals surface area contributed by atoms with Gasteiger partial charge in [0.2, 0.25) is 5.91 Å². The number of carbonyl (C=O) groups excluding carboxylic acids is 1. The number of carbonyl (C=O) groups is 1. The number of rotatable bonds is 6. The average molecular weight is 301 g/mol. The molecule has 0 atom stereocenters. The van der Waals surface area contributed by atoms with Crippen LogP contribution >= 0.6 is 15.9 Å². The highest BCUT2D eigenvalue weighted by Crippen LogP contribution is 2.27. The molecule has 0 unspecified atom stereocenters. The Morgan fingerprint density at radius 3 is 2.88 bits per heavy atom. The predicted molar refractivity (Wildman–Crippen MR) is 72.5 cm³/mol. The van der Waals surface area contributed by atoms with Gasteiger partial charge >= 0.3 is 0 Å². The molecule has 1 aromatic carbocycles. The van der Waals surface area contributed by atoms with Crippen molar-refractivity contribution >= 4 is 27.5 Å². The molecule has 1 rings (SSSR count). The second kappa shape index (κ2) is 7.29. The van der Waals surface area contributed by atoms with Crippen molar-refractivity contribution in [3.05, 3.63) is 22.7 Å². The SMILES string of the molecule is CCCNCC(=O)Nc1cc(Br)ccc1OC. The Labute approximate surface area is 110 Å². The van der Waals surface area contributed by atoms with Crippen molar-refractivity contribution in [1.82, 2.24) is 5.32 Å². The summed E-state index contributed by atoms with van der Waals surface area (Å²) in [5, 5.41) is 5.85. The van der Waals surface area contributed by atoms with Crippen LogP contribution in [-0.4, -0.2) is 26.1 Å². The van der Waals surface area contributed by atoms with Gasteiger partial charge in [-0.15, -0.1) is 0 Å². The zero-order valence-corrected chi connectivity index (χ0v) is 11.6. The Kier molecular flexibility index (Phi) is 6.00. The van der Waals surface area contributed by atoms with Gasteiger partial charge in [-0.1, -0.05) is 22.9 Å². The van der Waals surface area contributed by atoms with Crippen LogP contribution in [0.3, 0.4) is 0 Å². The van der Waals surface area contributed by atoms with Crippen molar-refractivity contribution in [3.8, 4) is 5.75 Å². The van der Waals surface area contributed by atoms with E-state index in [1.807, 2.05) is 12.1 Å². The number of hydrogen-bond donors (Lipinski definition) is 2. The molecule has 2 N–H and O–H groups in total. The van der Waals surface area contributed by atoms with Crippen LogP contribution in [0.25, 0.3) is 0 Å². The monoisotopic (exact) mass is 300 g/mol. The third-order valence-electron chi connectivity index (χ3n) is 2.15. The Bertz CT molecular complexity index is 383. The number of amides is 1. The molecule has 0 aliphatic carbocycles. The summed E-state index contributed by atoms with van der Waals surface area (Å²) in [6.07, 6.45) is 1.01. The van der Waals surface area contributed by atoms with Gasteiger partial charge in [0.15, 0.2) is 0 Å². The molecule has 0 saturated heterocycles. The van der Waals surface area contributed by atoms with Crippen molar-refractivity contribution in [2.24, 2.45) is 0 Å². The number of benzene rings is 1. The van der Waals surface area contributed by atoms with E-state index in [9.17, 15) is 4.79 Å². The molecule has 0 saturated carbocycles. The van der Waals surface area contributed by atoms with Crippen molar-refractivity contribution in [2.45, 2.75) is 13.3 Å². The Hall–Kier alpha value is -1.07. The molecule has 0 bridgehead atoms. The molecule has 1 amide bonds. The summed E-state index contributed by atoms with van der Waals surface area (Å²) in [6, 6.07) is 5.49. The molecule has 17 heavy (non-hydrogen) atoms. The molecule has 0 spiro atoms. The van der Waals surface area contributed by atoms with Crippen LogP contribution in [0.15, 0.2) is 22.7 Å². The Morgan fingerprint density at radius 2 is 2.24 bits per heavy atom. The van der Waals surface area contributed by atoms with Gasteiger partial charge in [-0.05, 0) is 31.2 Å². The van der Waals surface area contributed by atoms with Crippen molar-refractivity contribution in [2.75, 3.05) is 25.5 Å². The normalized spacial score (nSPS) is 10.1. The van der Waals surface area contributed by atoms with E-state index < -0.39 is 0 Å². The first-order valence-corrected chi connectivity index (χ1v) is 6.30. The second-order valence-electron chi connectivity index (χ2n) is 3.57. The standard InChI is InChI=1S/C12H17BrN2O2/c1-3-6-14-8-12(16)15-10-7-9(13)4-5-11(10)17-2/h4-5,7,14H,3,6,8H2,1-2H3,(H,15,16). The van der Waals surface area contributed by atoms with Gasteiger partial charge in [-0.25, -0.2) is 0 Å². The van der Waals surface area contributed by atoms with Crippen LogP contribution in [0.4, 0.5) is 5.69 Å². The number of methoxy groups -OCH3 is 1. The third kappa shape index (κ3) is 4.75. The lowest BCUT2D eigenvalue weighted by Crippen LogP contribution is -2.28. The zero-order valence-electron chi connectivity index (χ0n) is 10.0. The van der Waals surface area contributed by atoms with Crippen molar-refractivity contribution < 1.29 is 9.53 Å². The van der Waals surface area contributed by atoms with Gasteiger partial charge in [-0.3, -0.25) is 4.79 Å². The topological polar surface area (TPSA) is 50.4 Å². The minimum absolute atomic E-state index is 0.0742. The summed E-state index contributed by atoms with van der Waals surface area (Å²) in [5.41, 5.74) is 0.671. The number of anilines is 1. The molecule has 4 nitrogen and oxygen atoms in total. The highest BCUT2D eigenvalue weighted by molar-refractivity contribution is 9.10. The Morgan fingerprint density at radius 1 is 1.47 bits per heavy atom. The van der Waals surface area contributed by atoms with Crippen molar-refractivity contribution in [3.63, 3.8) is 0 Å². The van der Waals surface area contributed by atoms with E-state index in [0.29, 0.717) is 18.0 Å². The predicted octanol–water partition coefficient (Wildman–Crippen LogP) is 2.40. The van der Waals surface area contributed by atoms with Gasteiger partial charge in [-0.2, -0.15) is 0 Å². The lowest BCUT2D eigenvalue weighted by molar-refractivity contribution is -0.115. The molecule has 1 aromatic rings. The average Bonchev–Trinajstić information content (AvgIpc) is 2.29. The maximum atomic E-state index is 11.6. The van der Waals surface area contributed by atoms with E-state index in [1.54, 1.807) is 13.2 Å². The van der Waals surface area contributed by atoms with Crippen LogP contribution in [0.5, 0.6) is 5.75 Å². The molecule has 94 valence electrons. The summed E-state index contributed by atoms with van der Waals surface area (Å²) in [5.74, 6) is 0.576. The van der Waals surface area contributed by atoms with Crippen LogP contribution in [-0.2, 0) is 4.79 Å². The molecule has 5 heteroatoms. The van der Waals surface area contributed by atoms with Gasteiger partial charge in [0.1, 0.15) is 5.75 Å². The molecule has 0 heterocycles. The summed E-state index contributed by atoms with van der Waals surface area (Å²) < 4.78 is 6.07. The molecule has 0 aromatic heterocycles. The highest BCUT2D eigenvalue weighted by Gasteiger charge is 2.07. The summed E-state index contributed by atoms with van der Waals surface area (Å²) in [6.45, 7) is 3.20. The number of ether oxygens (including phenoxy) is 1. The number of nitrogens with one attached hydrogen (secondary N) is 2. The lowest BCUT2D eigenvalue weighted by atomic mass is 10.3. The maximum Gasteiger partial charge on any atom is 0.238 e. The number of halogens is 1. The second-order valence-corrected chi connectivity index (χ2v) is 4.49. The van der Waals surface area contributed by atoms with Gasteiger partial charge in [0, 0.05) is 4.47 Å². The first-order chi connectivity index (χ1) is 8.17. The fraction of sp³-hybridized carbons (Fsp3) is 0.417. The first-order valence-electron chi connectivity index (χ1n) is 5.51. The van der Waals surface area contributed by atoms with E-state index in [0.717, 1.165) is 17.4 Å². The van der Waals surface area contributed by atoms with Crippen LogP contribution in [0, 0.1) is 0 Å². The highest BCUT2D eigenvalue weighted by atomic mass is 79.9. The van der Waals surface area contributed by atoms with Crippen LogP contribution in [0.2, 0.25) is 0 Å². The third-order valence-corrected chi connectivity index (χ3v) is 2.64. The van der Waals surface area contributed by atoms with Crippen LogP contribution < -0.4 is 15.4 Å². The van der Waals surface area contributed by atoms with Gasteiger partial charge in [0.05, 0.1) is 19.3 Å². The molecule has 0 fully saturated rings. The smallest absolute Gasteiger partial charge is 0.238 e. The van der Waals surface area contributed by atoms with Gasteiger partial charge < -0.3 is 15.4 Å². The summed E-state index contributed by atoms with van der Waals surface area (Å²) >= 11 is 3.36. The minimum atomic E-state index is -0.0742. The summed E-state index contributed by atoms with van der Waals surface area (Å²) in [7, 11) is 1.58. The molecular formula is C12H17BrN2O2. The van der Waals surface area contributed by atoms with E-state index >= 15 is 0 Å². The molecule has 0 aliphatic rings. The Balaban J connectivity index is 2.60. The molecule has 0 radical (unpaired) electrons. The van der Waals surface area contributed by atoms with Crippen LogP contribution in [0.1, 0.15) is 13.3 Å². The van der Waals surface area contributed by atoms with Crippen molar-refractivity contribution in [1.29, 1.82) is 0 Å². The van der Waals surface area contributed by atoms with E-state index in [2.05, 4.69) is 33.5 Å². The lowest BCUT2D eigenvalue weighted by Gasteiger charge is -2.10. The van der Waals surface area contributed by atoms with E-state index in [-0.39, 0.29) is 5.91 Å². The zero-order chi connectivity index (χ0) is 12.7. The molecular weight excluding hydrogens is 284 g/mol. The van der Waals surface area contributed by atoms with Gasteiger partial charge in [0.25, 0.3) is 0 Å². The maximum absolute atomic E-state index is 11.6. The van der Waals surface area contributed by atoms with E-state index in [4.69, 9.17) is 4.74 Å². The largest absolute Gasteiger partial charge is 0.495 e. The fourth-order valence-corrected chi connectivity index (χ4v) is 1.71. The minimum Gasteiger partial charge on any atom is -0.495 e.